The highest BCUT2D eigenvalue weighted by molar-refractivity contribution is 9.11. The zero-order valence-corrected chi connectivity index (χ0v) is 13.4. The average Bonchev–Trinajstić information content (AvgIpc) is 2.84. The lowest BCUT2D eigenvalue weighted by atomic mass is 10.1. The molecule has 0 aliphatic rings. The Morgan fingerprint density at radius 1 is 1.40 bits per heavy atom. The third-order valence-corrected chi connectivity index (χ3v) is 4.55. The summed E-state index contributed by atoms with van der Waals surface area (Å²) in [5.41, 5.74) is 6.08. The normalized spacial score (nSPS) is 10.5. The molecule has 1 aromatic heterocycles. The molecule has 1 aromatic carbocycles. The first kappa shape index (κ1) is 14.9. The smallest absolute Gasteiger partial charge is 0.258 e. The van der Waals surface area contributed by atoms with Crippen molar-refractivity contribution in [3.05, 3.63) is 44.6 Å². The van der Waals surface area contributed by atoms with E-state index in [1.165, 1.54) is 0 Å². The van der Waals surface area contributed by atoms with Crippen LogP contribution in [0.2, 0.25) is 0 Å². The molecule has 0 saturated heterocycles. The Kier molecular flexibility index (Phi) is 4.67. The maximum atomic E-state index is 12.5. The molecule has 0 saturated carbocycles. The quantitative estimate of drug-likeness (QED) is 0.652. The summed E-state index contributed by atoms with van der Waals surface area (Å²) in [6, 6.07) is 8.75. The van der Waals surface area contributed by atoms with Gasteiger partial charge in [0.2, 0.25) is 0 Å². The van der Waals surface area contributed by atoms with E-state index < -0.39 is 0 Å². The van der Waals surface area contributed by atoms with Gasteiger partial charge in [-0.25, -0.2) is 0 Å². The number of phenolic OH excluding ortho intramolecular Hbond substituents is 1. The number of amides is 1. The third kappa shape index (κ3) is 3.13. The molecule has 0 radical (unpaired) electrons. The Hall–Kier alpha value is -1.53. The zero-order chi connectivity index (χ0) is 14.7. The summed E-state index contributed by atoms with van der Waals surface area (Å²) in [4.78, 5) is 15.2. The number of hydrogen-bond acceptors (Lipinski definition) is 4. The number of phenols is 1. The van der Waals surface area contributed by atoms with Crippen LogP contribution < -0.4 is 5.73 Å². The first-order valence-electron chi connectivity index (χ1n) is 6.14. The third-order valence-electron chi connectivity index (χ3n) is 2.94. The molecule has 3 N–H and O–H groups in total. The minimum absolute atomic E-state index is 0.150. The van der Waals surface area contributed by atoms with E-state index in [0.717, 1.165) is 8.66 Å². The van der Waals surface area contributed by atoms with Gasteiger partial charge < -0.3 is 15.7 Å². The Bertz CT molecular complexity index is 627. The number of nitrogen functional groups attached to an aromatic ring is 1. The number of benzene rings is 1. The summed E-state index contributed by atoms with van der Waals surface area (Å²) < 4.78 is 1.03. The summed E-state index contributed by atoms with van der Waals surface area (Å²) in [6.07, 6.45) is 0. The van der Waals surface area contributed by atoms with Gasteiger partial charge in [-0.2, -0.15) is 0 Å². The second-order valence-corrected chi connectivity index (χ2v) is 6.82. The molecule has 20 heavy (non-hydrogen) atoms. The number of thiophene rings is 1. The number of carbonyl (C=O) groups excluding carboxylic acids is 1. The van der Waals surface area contributed by atoms with Crippen LogP contribution in [0.5, 0.6) is 5.75 Å². The fourth-order valence-corrected chi connectivity index (χ4v) is 3.36. The van der Waals surface area contributed by atoms with Gasteiger partial charge in [-0.15, -0.1) is 11.3 Å². The number of halogens is 1. The SMILES string of the molecule is CCN(Cc1ccc(Br)s1)C(=O)c1cccc(N)c1O. The monoisotopic (exact) mass is 354 g/mol. The van der Waals surface area contributed by atoms with Gasteiger partial charge in [0, 0.05) is 11.4 Å². The lowest BCUT2D eigenvalue weighted by Gasteiger charge is -2.21. The van der Waals surface area contributed by atoms with Crippen molar-refractivity contribution < 1.29 is 9.90 Å². The number of rotatable bonds is 4. The molecule has 0 unspecified atom stereocenters. The van der Waals surface area contributed by atoms with Crippen molar-refractivity contribution in [2.75, 3.05) is 12.3 Å². The molecule has 6 heteroatoms. The highest BCUT2D eigenvalue weighted by Gasteiger charge is 2.19. The molecule has 2 rings (SSSR count). The lowest BCUT2D eigenvalue weighted by molar-refractivity contribution is 0.0751. The molecule has 0 atom stereocenters. The predicted molar refractivity (Wildman–Crippen MR) is 85.0 cm³/mol. The van der Waals surface area contributed by atoms with Gasteiger partial charge in [-0.3, -0.25) is 4.79 Å². The van der Waals surface area contributed by atoms with Crippen LogP contribution in [-0.4, -0.2) is 22.5 Å². The van der Waals surface area contributed by atoms with E-state index in [-0.39, 0.29) is 22.9 Å². The Morgan fingerprint density at radius 3 is 2.75 bits per heavy atom. The van der Waals surface area contributed by atoms with E-state index in [9.17, 15) is 9.90 Å². The van der Waals surface area contributed by atoms with Gasteiger partial charge in [-0.1, -0.05) is 6.07 Å². The largest absolute Gasteiger partial charge is 0.505 e. The Morgan fingerprint density at radius 2 is 2.15 bits per heavy atom. The highest BCUT2D eigenvalue weighted by Crippen LogP contribution is 2.27. The van der Waals surface area contributed by atoms with Crippen molar-refractivity contribution in [1.82, 2.24) is 4.90 Å². The molecule has 2 aromatic rings. The van der Waals surface area contributed by atoms with E-state index in [1.54, 1.807) is 34.4 Å². The van der Waals surface area contributed by atoms with Gasteiger partial charge in [0.15, 0.2) is 5.75 Å². The summed E-state index contributed by atoms with van der Waals surface area (Å²) in [5, 5.41) is 9.91. The summed E-state index contributed by atoms with van der Waals surface area (Å²) in [7, 11) is 0. The molecule has 0 fully saturated rings. The van der Waals surface area contributed by atoms with Crippen molar-refractivity contribution in [2.24, 2.45) is 0 Å². The number of hydrogen-bond donors (Lipinski definition) is 2. The molecule has 106 valence electrons. The molecule has 0 bridgehead atoms. The second-order valence-electron chi connectivity index (χ2n) is 4.27. The maximum absolute atomic E-state index is 12.5. The molecule has 0 aliphatic carbocycles. The van der Waals surface area contributed by atoms with Crippen LogP contribution in [0.4, 0.5) is 5.69 Å². The predicted octanol–water partition coefficient (Wildman–Crippen LogP) is 3.46. The number of aromatic hydroxyl groups is 1. The molecule has 1 amide bonds. The van der Waals surface area contributed by atoms with Crippen molar-refractivity contribution in [3.63, 3.8) is 0 Å². The topological polar surface area (TPSA) is 66.6 Å². The van der Waals surface area contributed by atoms with E-state index in [1.807, 2.05) is 19.1 Å². The minimum atomic E-state index is -0.221. The van der Waals surface area contributed by atoms with Crippen molar-refractivity contribution >= 4 is 38.9 Å². The maximum Gasteiger partial charge on any atom is 0.258 e. The van der Waals surface area contributed by atoms with Gasteiger partial charge in [0.25, 0.3) is 5.91 Å². The summed E-state index contributed by atoms with van der Waals surface area (Å²) in [6.45, 7) is 2.98. The van der Waals surface area contributed by atoms with Crippen LogP contribution >= 0.6 is 27.3 Å². The number of carbonyl (C=O) groups is 1. The van der Waals surface area contributed by atoms with Crippen LogP contribution in [0.1, 0.15) is 22.2 Å². The van der Waals surface area contributed by atoms with Crippen molar-refractivity contribution in [2.45, 2.75) is 13.5 Å². The molecular weight excluding hydrogens is 340 g/mol. The fraction of sp³-hybridized carbons (Fsp3) is 0.214. The molecular formula is C14H15BrN2O2S. The summed E-state index contributed by atoms with van der Waals surface area (Å²) >= 11 is 4.99. The number of anilines is 1. The second kappa shape index (κ2) is 6.28. The van der Waals surface area contributed by atoms with Crippen LogP contribution in [0.25, 0.3) is 0 Å². The fourth-order valence-electron chi connectivity index (χ4n) is 1.86. The number of nitrogens with two attached hydrogens (primary N) is 1. The highest BCUT2D eigenvalue weighted by atomic mass is 79.9. The molecule has 4 nitrogen and oxygen atoms in total. The first-order chi connectivity index (χ1) is 9.52. The molecule has 0 aliphatic heterocycles. The van der Waals surface area contributed by atoms with Crippen LogP contribution in [0, 0.1) is 0 Å². The van der Waals surface area contributed by atoms with Gasteiger partial charge in [0.05, 0.1) is 21.6 Å². The van der Waals surface area contributed by atoms with E-state index in [0.29, 0.717) is 13.1 Å². The Labute approximate surface area is 130 Å². The Balaban J connectivity index is 2.23. The van der Waals surface area contributed by atoms with E-state index in [2.05, 4.69) is 15.9 Å². The molecule has 0 spiro atoms. The van der Waals surface area contributed by atoms with Crippen LogP contribution in [-0.2, 0) is 6.54 Å². The summed E-state index contributed by atoms with van der Waals surface area (Å²) in [5.74, 6) is -0.370. The van der Waals surface area contributed by atoms with Crippen molar-refractivity contribution in [3.8, 4) is 5.75 Å². The molecule has 1 heterocycles. The van der Waals surface area contributed by atoms with Crippen molar-refractivity contribution in [1.29, 1.82) is 0 Å². The standard InChI is InChI=1S/C14H15BrN2O2S/c1-2-17(8-9-6-7-12(15)20-9)14(19)10-4-3-5-11(16)13(10)18/h3-7,18H,2,8,16H2,1H3. The van der Waals surface area contributed by atoms with Gasteiger partial charge in [0.1, 0.15) is 0 Å². The first-order valence-corrected chi connectivity index (χ1v) is 7.74. The average molecular weight is 355 g/mol. The van der Waals surface area contributed by atoms with E-state index in [4.69, 9.17) is 5.73 Å². The van der Waals surface area contributed by atoms with Gasteiger partial charge >= 0.3 is 0 Å². The van der Waals surface area contributed by atoms with Crippen LogP contribution in [0.15, 0.2) is 34.1 Å². The minimum Gasteiger partial charge on any atom is -0.505 e. The van der Waals surface area contributed by atoms with Crippen LogP contribution in [0.3, 0.4) is 0 Å². The number of para-hydroxylation sites is 1. The lowest BCUT2D eigenvalue weighted by Crippen LogP contribution is -2.30. The number of nitrogens with zero attached hydrogens (tertiary/aromatic N) is 1. The van der Waals surface area contributed by atoms with Gasteiger partial charge in [-0.05, 0) is 47.1 Å². The zero-order valence-electron chi connectivity index (χ0n) is 11.0. The van der Waals surface area contributed by atoms with E-state index >= 15 is 0 Å².